The van der Waals surface area contributed by atoms with Crippen LogP contribution in [-0.4, -0.2) is 78.9 Å². The van der Waals surface area contributed by atoms with Crippen LogP contribution in [0.15, 0.2) is 24.3 Å². The molecule has 1 aromatic rings. The summed E-state index contributed by atoms with van der Waals surface area (Å²) in [5.74, 6) is -4.89. The maximum atomic E-state index is 13.5. The fourth-order valence-corrected chi connectivity index (χ4v) is 5.76. The summed E-state index contributed by atoms with van der Waals surface area (Å²) in [5, 5.41) is 34.2. The standard InChI is InChI=1S/C26H40N4O9S/c1-40(38,39)30-20(6-2-5-13-27)22(32)28-16-18(23(33)34)15-26(11-3-4-12-26)25(37)29-21(24(35)36)14-17-7-9-19(31)10-8-17/h7-10,18,20-21,30-31H,2-6,11-16,27H2,1H3,(H,28,32)(H,29,37)(H,33,34)(H,35,36)/t18-,20+,21+/m1/s1. The quantitative estimate of drug-likeness (QED) is 0.124. The highest BCUT2D eigenvalue weighted by Crippen LogP contribution is 2.43. The Morgan fingerprint density at radius 1 is 1.00 bits per heavy atom. The molecule has 13 nitrogen and oxygen atoms in total. The van der Waals surface area contributed by atoms with Crippen molar-refractivity contribution in [3.05, 3.63) is 29.8 Å². The van der Waals surface area contributed by atoms with Crippen molar-refractivity contribution in [2.45, 2.75) is 69.9 Å². The zero-order chi connectivity index (χ0) is 29.9. The first kappa shape index (κ1) is 33.0. The lowest BCUT2D eigenvalue weighted by molar-refractivity contribution is -0.147. The van der Waals surface area contributed by atoms with E-state index in [0.29, 0.717) is 50.6 Å². The van der Waals surface area contributed by atoms with Crippen molar-refractivity contribution in [1.29, 1.82) is 0 Å². The Labute approximate surface area is 234 Å². The lowest BCUT2D eigenvalue weighted by atomic mass is 9.76. The zero-order valence-electron chi connectivity index (χ0n) is 22.6. The van der Waals surface area contributed by atoms with E-state index < -0.39 is 57.2 Å². The monoisotopic (exact) mass is 584 g/mol. The molecule has 0 spiro atoms. The molecule has 0 bridgehead atoms. The van der Waals surface area contributed by atoms with Gasteiger partial charge >= 0.3 is 11.9 Å². The highest BCUT2D eigenvalue weighted by atomic mass is 32.2. The number of carbonyl (C=O) groups is 4. The highest BCUT2D eigenvalue weighted by molar-refractivity contribution is 7.88. The normalized spacial score (nSPS) is 16.9. The number of benzene rings is 1. The highest BCUT2D eigenvalue weighted by Gasteiger charge is 2.45. The van der Waals surface area contributed by atoms with Gasteiger partial charge in [0.1, 0.15) is 17.8 Å². The summed E-state index contributed by atoms with van der Waals surface area (Å²) in [6.45, 7) is 0.0357. The van der Waals surface area contributed by atoms with Crippen LogP contribution in [0.1, 0.15) is 56.9 Å². The number of sulfonamides is 1. The van der Waals surface area contributed by atoms with Crippen LogP contribution in [0, 0.1) is 11.3 Å². The van der Waals surface area contributed by atoms with Crippen molar-refractivity contribution in [3.63, 3.8) is 0 Å². The second kappa shape index (κ2) is 15.0. The molecule has 14 heteroatoms. The summed E-state index contributed by atoms with van der Waals surface area (Å²) in [6, 6.07) is 3.55. The molecule has 3 atom stereocenters. The third-order valence-corrected chi connectivity index (χ3v) is 7.86. The van der Waals surface area contributed by atoms with Gasteiger partial charge in [-0.2, -0.15) is 0 Å². The van der Waals surface area contributed by atoms with Gasteiger partial charge in [0.2, 0.25) is 21.8 Å². The lowest BCUT2D eigenvalue weighted by Crippen LogP contribution is -2.51. The second-order valence-electron chi connectivity index (χ2n) is 10.4. The Morgan fingerprint density at radius 2 is 1.62 bits per heavy atom. The van der Waals surface area contributed by atoms with Crippen LogP contribution in [0.25, 0.3) is 0 Å². The number of nitrogens with two attached hydrogens (primary N) is 1. The molecular weight excluding hydrogens is 544 g/mol. The van der Waals surface area contributed by atoms with Gasteiger partial charge in [0, 0.05) is 13.0 Å². The number of hydrogen-bond acceptors (Lipinski definition) is 8. The maximum absolute atomic E-state index is 13.5. The van der Waals surface area contributed by atoms with Gasteiger partial charge < -0.3 is 31.7 Å². The Morgan fingerprint density at radius 3 is 2.15 bits per heavy atom. The van der Waals surface area contributed by atoms with Crippen LogP contribution < -0.4 is 21.1 Å². The van der Waals surface area contributed by atoms with Gasteiger partial charge in [0.25, 0.3) is 0 Å². The van der Waals surface area contributed by atoms with Crippen molar-refractivity contribution in [2.24, 2.45) is 17.1 Å². The van der Waals surface area contributed by atoms with E-state index in [0.717, 1.165) is 6.26 Å². The molecule has 0 unspecified atom stereocenters. The smallest absolute Gasteiger partial charge is 0.326 e. The second-order valence-corrected chi connectivity index (χ2v) is 12.2. The first-order chi connectivity index (χ1) is 18.8. The number of hydrogen-bond donors (Lipinski definition) is 7. The van der Waals surface area contributed by atoms with Crippen molar-refractivity contribution >= 4 is 33.8 Å². The Hall–Kier alpha value is -3.23. The number of carbonyl (C=O) groups excluding carboxylic acids is 2. The van der Waals surface area contributed by atoms with Gasteiger partial charge in [-0.25, -0.2) is 17.9 Å². The fourth-order valence-electron chi connectivity index (χ4n) is 5.02. The molecule has 224 valence electrons. The number of aliphatic carboxylic acids is 2. The summed E-state index contributed by atoms with van der Waals surface area (Å²) in [7, 11) is -3.72. The molecule has 2 rings (SSSR count). The number of nitrogens with one attached hydrogen (secondary N) is 3. The number of phenols is 1. The summed E-state index contributed by atoms with van der Waals surface area (Å²) in [6.07, 6.45) is 4.03. The number of rotatable bonds is 17. The van der Waals surface area contributed by atoms with Gasteiger partial charge in [-0.15, -0.1) is 0 Å². The SMILES string of the molecule is CS(=O)(=O)N[C@@H](CCCCN)C(=O)NC[C@@H](CC1(C(=O)N[C@@H](Cc2ccc(O)cc2)C(=O)O)CCCC1)C(=O)O. The molecule has 1 aliphatic carbocycles. The third kappa shape index (κ3) is 10.4. The Kier molecular flexibility index (Phi) is 12.3. The molecule has 0 aliphatic heterocycles. The first-order valence-electron chi connectivity index (χ1n) is 13.3. The first-order valence-corrected chi connectivity index (χ1v) is 15.1. The molecule has 8 N–H and O–H groups in total. The zero-order valence-corrected chi connectivity index (χ0v) is 23.4. The van der Waals surface area contributed by atoms with E-state index in [-0.39, 0.29) is 31.6 Å². The van der Waals surface area contributed by atoms with Gasteiger partial charge in [-0.05, 0) is 56.3 Å². The third-order valence-electron chi connectivity index (χ3n) is 7.15. The molecule has 1 aliphatic rings. The molecule has 2 amide bonds. The Bertz CT molecular complexity index is 1140. The van der Waals surface area contributed by atoms with Crippen LogP contribution >= 0.6 is 0 Å². The van der Waals surface area contributed by atoms with E-state index in [4.69, 9.17) is 5.73 Å². The van der Waals surface area contributed by atoms with E-state index in [1.165, 1.54) is 12.1 Å². The molecule has 0 aromatic heterocycles. The van der Waals surface area contributed by atoms with Crippen molar-refractivity contribution in [3.8, 4) is 5.75 Å². The molecule has 0 heterocycles. The minimum absolute atomic E-state index is 0.0188. The van der Waals surface area contributed by atoms with Crippen LogP contribution in [0.4, 0.5) is 0 Å². The molecular formula is C26H40N4O9S. The van der Waals surface area contributed by atoms with Crippen molar-refractivity contribution in [2.75, 3.05) is 19.3 Å². The average Bonchev–Trinajstić information content (AvgIpc) is 3.35. The van der Waals surface area contributed by atoms with Crippen LogP contribution in [0.3, 0.4) is 0 Å². The fraction of sp³-hybridized carbons (Fsp3) is 0.615. The van der Waals surface area contributed by atoms with Gasteiger partial charge in [-0.1, -0.05) is 31.4 Å². The van der Waals surface area contributed by atoms with Gasteiger partial charge in [-0.3, -0.25) is 14.4 Å². The van der Waals surface area contributed by atoms with Gasteiger partial charge in [0.05, 0.1) is 17.6 Å². The number of aromatic hydroxyl groups is 1. The summed E-state index contributed by atoms with van der Waals surface area (Å²) < 4.78 is 25.7. The number of carboxylic acids is 2. The van der Waals surface area contributed by atoms with Crippen LogP contribution in [0.2, 0.25) is 0 Å². The molecule has 40 heavy (non-hydrogen) atoms. The molecule has 0 radical (unpaired) electrons. The maximum Gasteiger partial charge on any atom is 0.326 e. The minimum atomic E-state index is -3.72. The number of carboxylic acid groups (broad SMARTS) is 2. The van der Waals surface area contributed by atoms with Crippen molar-refractivity contribution < 1.29 is 42.9 Å². The summed E-state index contributed by atoms with van der Waals surface area (Å²) >= 11 is 0. The van der Waals surface area contributed by atoms with Crippen LogP contribution in [-0.2, 0) is 35.6 Å². The Balaban J connectivity index is 2.13. The number of phenolic OH excluding ortho intramolecular Hbond substituents is 1. The molecule has 0 saturated heterocycles. The van der Waals surface area contributed by atoms with E-state index in [9.17, 15) is 42.9 Å². The number of amides is 2. The van der Waals surface area contributed by atoms with E-state index >= 15 is 0 Å². The lowest BCUT2D eigenvalue weighted by Gasteiger charge is -2.32. The van der Waals surface area contributed by atoms with Gasteiger partial charge in [0.15, 0.2) is 0 Å². The molecule has 1 aromatic carbocycles. The number of unbranched alkanes of at least 4 members (excludes halogenated alkanes) is 1. The predicted octanol–water partition coefficient (Wildman–Crippen LogP) is 0.318. The van der Waals surface area contributed by atoms with Crippen molar-refractivity contribution in [1.82, 2.24) is 15.4 Å². The van der Waals surface area contributed by atoms with E-state index in [2.05, 4.69) is 15.4 Å². The summed E-state index contributed by atoms with van der Waals surface area (Å²) in [5.41, 5.74) is 4.92. The largest absolute Gasteiger partial charge is 0.508 e. The molecule has 1 saturated carbocycles. The minimum Gasteiger partial charge on any atom is -0.508 e. The van der Waals surface area contributed by atoms with Crippen LogP contribution in [0.5, 0.6) is 5.75 Å². The summed E-state index contributed by atoms with van der Waals surface area (Å²) in [4.78, 5) is 50.3. The predicted molar refractivity (Wildman–Crippen MR) is 146 cm³/mol. The topological polar surface area (TPSA) is 225 Å². The average molecular weight is 585 g/mol. The van der Waals surface area contributed by atoms with E-state index in [1.54, 1.807) is 12.1 Å². The van der Waals surface area contributed by atoms with E-state index in [1.807, 2.05) is 0 Å². The molecule has 1 fully saturated rings.